The lowest BCUT2D eigenvalue weighted by Gasteiger charge is -2.34. The Bertz CT molecular complexity index is 711. The molecule has 1 aromatic heterocycles. The van der Waals surface area contributed by atoms with Crippen molar-refractivity contribution in [2.45, 2.75) is 6.54 Å². The van der Waals surface area contributed by atoms with E-state index in [2.05, 4.69) is 49.4 Å². The van der Waals surface area contributed by atoms with Gasteiger partial charge in [-0.25, -0.2) is 9.97 Å². The Morgan fingerprint density at radius 3 is 2.37 bits per heavy atom. The third-order valence-electron chi connectivity index (χ3n) is 4.65. The Morgan fingerprint density at radius 2 is 1.74 bits per heavy atom. The lowest BCUT2D eigenvalue weighted by atomic mass is 10.2. The third-order valence-corrected chi connectivity index (χ3v) is 4.65. The molecule has 1 aromatic carbocycles. The van der Waals surface area contributed by atoms with Crippen molar-refractivity contribution in [1.82, 2.24) is 25.1 Å². The predicted octanol–water partition coefficient (Wildman–Crippen LogP) is 1.09. The van der Waals surface area contributed by atoms with Gasteiger partial charge in [0.15, 0.2) is 0 Å². The summed E-state index contributed by atoms with van der Waals surface area (Å²) in [4.78, 5) is 27.5. The van der Waals surface area contributed by atoms with Crippen molar-refractivity contribution < 1.29 is 4.79 Å². The highest BCUT2D eigenvalue weighted by molar-refractivity contribution is 5.93. The number of rotatable bonds is 7. The van der Waals surface area contributed by atoms with E-state index in [0.29, 0.717) is 18.1 Å². The van der Waals surface area contributed by atoms with Crippen LogP contribution in [0.25, 0.3) is 0 Å². The highest BCUT2D eigenvalue weighted by atomic mass is 16.1. The van der Waals surface area contributed by atoms with Gasteiger partial charge in [0.1, 0.15) is 0 Å². The lowest BCUT2D eigenvalue weighted by molar-refractivity contribution is 0.0950. The van der Waals surface area contributed by atoms with Gasteiger partial charge < -0.3 is 15.1 Å². The van der Waals surface area contributed by atoms with Gasteiger partial charge in [-0.05, 0) is 19.7 Å². The van der Waals surface area contributed by atoms with Crippen molar-refractivity contribution >= 4 is 11.9 Å². The first kappa shape index (κ1) is 19.3. The van der Waals surface area contributed by atoms with Crippen LogP contribution in [0.15, 0.2) is 42.7 Å². The number of anilines is 1. The van der Waals surface area contributed by atoms with Gasteiger partial charge in [0.2, 0.25) is 5.95 Å². The zero-order valence-corrected chi connectivity index (χ0v) is 16.1. The van der Waals surface area contributed by atoms with Crippen LogP contribution in [0.4, 0.5) is 5.95 Å². The predicted molar refractivity (Wildman–Crippen MR) is 107 cm³/mol. The quantitative estimate of drug-likeness (QED) is 0.789. The number of amides is 1. The van der Waals surface area contributed by atoms with E-state index in [-0.39, 0.29) is 5.91 Å². The number of benzene rings is 1. The molecule has 0 unspecified atom stereocenters. The first-order valence-electron chi connectivity index (χ1n) is 9.38. The normalized spacial score (nSPS) is 15.1. The molecular weight excluding hydrogens is 340 g/mol. The zero-order chi connectivity index (χ0) is 19.1. The number of piperazine rings is 1. The minimum atomic E-state index is -0.129. The Balaban J connectivity index is 1.47. The lowest BCUT2D eigenvalue weighted by Crippen LogP contribution is -2.46. The zero-order valence-electron chi connectivity index (χ0n) is 16.1. The molecule has 0 atom stereocenters. The average molecular weight is 368 g/mol. The first-order chi connectivity index (χ1) is 13.1. The number of hydrogen-bond acceptors (Lipinski definition) is 6. The van der Waals surface area contributed by atoms with Crippen LogP contribution >= 0.6 is 0 Å². The van der Waals surface area contributed by atoms with Crippen molar-refractivity contribution in [2.24, 2.45) is 0 Å². The fourth-order valence-electron chi connectivity index (χ4n) is 3.04. The van der Waals surface area contributed by atoms with Gasteiger partial charge in [0, 0.05) is 58.2 Å². The van der Waals surface area contributed by atoms with E-state index in [0.717, 1.165) is 39.3 Å². The van der Waals surface area contributed by atoms with Gasteiger partial charge in [0.05, 0.1) is 5.56 Å². The molecule has 7 heteroatoms. The standard InChI is InChI=1S/C20H28N6O/c1-24(2)9-8-21-19(27)18-14-22-20(23-15-18)26-12-10-25(11-13-26)16-17-6-4-3-5-7-17/h3-7,14-15H,8-13,16H2,1-2H3,(H,21,27). The van der Waals surface area contributed by atoms with Gasteiger partial charge >= 0.3 is 0 Å². The SMILES string of the molecule is CN(C)CCNC(=O)c1cnc(N2CCN(Cc3ccccc3)CC2)nc1. The highest BCUT2D eigenvalue weighted by Gasteiger charge is 2.19. The first-order valence-corrected chi connectivity index (χ1v) is 9.38. The molecule has 1 aliphatic rings. The smallest absolute Gasteiger partial charge is 0.254 e. The fourth-order valence-corrected chi connectivity index (χ4v) is 3.04. The molecular formula is C20H28N6O. The van der Waals surface area contributed by atoms with Gasteiger partial charge in [-0.2, -0.15) is 0 Å². The van der Waals surface area contributed by atoms with Crippen molar-refractivity contribution in [1.29, 1.82) is 0 Å². The van der Waals surface area contributed by atoms with E-state index in [1.54, 1.807) is 12.4 Å². The molecule has 7 nitrogen and oxygen atoms in total. The van der Waals surface area contributed by atoms with Crippen LogP contribution in [-0.2, 0) is 6.54 Å². The number of hydrogen-bond donors (Lipinski definition) is 1. The van der Waals surface area contributed by atoms with E-state index in [1.807, 2.05) is 25.1 Å². The topological polar surface area (TPSA) is 64.6 Å². The van der Waals surface area contributed by atoms with E-state index >= 15 is 0 Å². The molecule has 1 fully saturated rings. The van der Waals surface area contributed by atoms with Gasteiger partial charge in [-0.1, -0.05) is 30.3 Å². The Morgan fingerprint density at radius 1 is 1.07 bits per heavy atom. The minimum Gasteiger partial charge on any atom is -0.351 e. The van der Waals surface area contributed by atoms with E-state index in [4.69, 9.17) is 0 Å². The van der Waals surface area contributed by atoms with Crippen LogP contribution in [0.3, 0.4) is 0 Å². The Hall–Kier alpha value is -2.51. The summed E-state index contributed by atoms with van der Waals surface area (Å²) in [6.45, 7) is 6.12. The summed E-state index contributed by atoms with van der Waals surface area (Å²) < 4.78 is 0. The monoisotopic (exact) mass is 368 g/mol. The second kappa shape index (κ2) is 9.43. The molecule has 2 aromatic rings. The minimum absolute atomic E-state index is 0.129. The maximum absolute atomic E-state index is 12.1. The number of nitrogens with zero attached hydrogens (tertiary/aromatic N) is 5. The van der Waals surface area contributed by atoms with Gasteiger partial charge in [-0.3, -0.25) is 9.69 Å². The molecule has 144 valence electrons. The molecule has 0 radical (unpaired) electrons. The fraction of sp³-hybridized carbons (Fsp3) is 0.450. The summed E-state index contributed by atoms with van der Waals surface area (Å²) in [5.41, 5.74) is 1.84. The van der Waals surface area contributed by atoms with Gasteiger partial charge in [0.25, 0.3) is 5.91 Å². The van der Waals surface area contributed by atoms with Crippen LogP contribution in [0.2, 0.25) is 0 Å². The molecule has 1 saturated heterocycles. The second-order valence-electron chi connectivity index (χ2n) is 7.08. The van der Waals surface area contributed by atoms with Crippen LogP contribution in [0.5, 0.6) is 0 Å². The maximum Gasteiger partial charge on any atom is 0.254 e. The number of aromatic nitrogens is 2. The Kier molecular flexibility index (Phi) is 6.73. The second-order valence-corrected chi connectivity index (χ2v) is 7.08. The third kappa shape index (κ3) is 5.74. The van der Waals surface area contributed by atoms with Gasteiger partial charge in [-0.15, -0.1) is 0 Å². The molecule has 0 spiro atoms. The molecule has 27 heavy (non-hydrogen) atoms. The average Bonchev–Trinajstić information content (AvgIpc) is 2.69. The van der Waals surface area contributed by atoms with Crippen LogP contribution in [0.1, 0.15) is 15.9 Å². The van der Waals surface area contributed by atoms with Crippen LogP contribution in [0, 0.1) is 0 Å². The van der Waals surface area contributed by atoms with E-state index in [1.165, 1.54) is 5.56 Å². The molecule has 1 aliphatic heterocycles. The molecule has 1 amide bonds. The molecule has 1 N–H and O–H groups in total. The maximum atomic E-state index is 12.1. The number of nitrogens with one attached hydrogen (secondary N) is 1. The molecule has 0 bridgehead atoms. The summed E-state index contributed by atoms with van der Waals surface area (Å²) in [6, 6.07) is 10.5. The van der Waals surface area contributed by atoms with Crippen LogP contribution in [-0.4, -0.2) is 79.0 Å². The number of carbonyl (C=O) groups excluding carboxylic acids is 1. The van der Waals surface area contributed by atoms with Crippen molar-refractivity contribution in [3.8, 4) is 0 Å². The summed E-state index contributed by atoms with van der Waals surface area (Å²) in [6.07, 6.45) is 3.23. The van der Waals surface area contributed by atoms with Crippen molar-refractivity contribution in [2.75, 3.05) is 58.3 Å². The summed E-state index contributed by atoms with van der Waals surface area (Å²) >= 11 is 0. The number of carbonyl (C=O) groups is 1. The summed E-state index contributed by atoms with van der Waals surface area (Å²) in [7, 11) is 3.95. The van der Waals surface area contributed by atoms with Crippen molar-refractivity contribution in [3.05, 3.63) is 53.9 Å². The molecule has 0 aliphatic carbocycles. The Labute approximate surface area is 161 Å². The molecule has 3 rings (SSSR count). The molecule has 0 saturated carbocycles. The molecule has 2 heterocycles. The van der Waals surface area contributed by atoms with Crippen molar-refractivity contribution in [3.63, 3.8) is 0 Å². The number of likely N-dealkylation sites (N-methyl/N-ethyl adjacent to an activating group) is 1. The highest BCUT2D eigenvalue weighted by Crippen LogP contribution is 2.13. The summed E-state index contributed by atoms with van der Waals surface area (Å²) in [5.74, 6) is 0.565. The summed E-state index contributed by atoms with van der Waals surface area (Å²) in [5, 5.41) is 2.88. The largest absolute Gasteiger partial charge is 0.351 e. The van der Waals surface area contributed by atoms with E-state index < -0.39 is 0 Å². The van der Waals surface area contributed by atoms with Crippen LogP contribution < -0.4 is 10.2 Å². The van der Waals surface area contributed by atoms with E-state index in [9.17, 15) is 4.79 Å².